The number of aromatic nitrogens is 1. The van der Waals surface area contributed by atoms with E-state index in [1.54, 1.807) is 24.3 Å². The number of aromatic carboxylic acids is 1. The Morgan fingerprint density at radius 1 is 1.43 bits per heavy atom. The van der Waals surface area contributed by atoms with Gasteiger partial charge in [0.05, 0.1) is 42.2 Å². The number of carboxylic acids is 1. The Hall–Kier alpha value is -3.07. The van der Waals surface area contributed by atoms with E-state index in [0.29, 0.717) is 23.6 Å². The van der Waals surface area contributed by atoms with Crippen LogP contribution in [0.25, 0.3) is 0 Å². The van der Waals surface area contributed by atoms with Crippen LogP contribution in [0.3, 0.4) is 0 Å². The summed E-state index contributed by atoms with van der Waals surface area (Å²) >= 11 is 0. The summed E-state index contributed by atoms with van der Waals surface area (Å²) < 4.78 is 5.22. The Bertz CT molecular complexity index is 690. The van der Waals surface area contributed by atoms with E-state index in [1.165, 1.54) is 19.4 Å². The van der Waals surface area contributed by atoms with Gasteiger partial charge in [0, 0.05) is 12.3 Å². The van der Waals surface area contributed by atoms with Crippen LogP contribution >= 0.6 is 0 Å². The van der Waals surface area contributed by atoms with Crippen molar-refractivity contribution in [3.8, 4) is 11.8 Å². The lowest BCUT2D eigenvalue weighted by Gasteiger charge is -2.11. The number of nitriles is 1. The summed E-state index contributed by atoms with van der Waals surface area (Å²) in [6, 6.07) is 10.3. The molecule has 0 amide bonds. The first kappa shape index (κ1) is 14.3. The highest BCUT2D eigenvalue weighted by Gasteiger charge is 2.06. The van der Waals surface area contributed by atoms with Crippen LogP contribution in [0.2, 0.25) is 0 Å². The Kier molecular flexibility index (Phi) is 4.36. The number of carbonyl (C=O) groups is 1. The fourth-order valence-electron chi connectivity index (χ4n) is 1.75. The Balaban J connectivity index is 2.09. The van der Waals surface area contributed by atoms with Gasteiger partial charge in [-0.25, -0.2) is 4.79 Å². The SMILES string of the molecule is COc1cc(C#N)ccc1NCc1ccc(C(=O)O)cn1. The highest BCUT2D eigenvalue weighted by molar-refractivity contribution is 5.87. The van der Waals surface area contributed by atoms with E-state index in [1.807, 2.05) is 6.07 Å². The summed E-state index contributed by atoms with van der Waals surface area (Å²) in [6.45, 7) is 0.419. The van der Waals surface area contributed by atoms with Crippen LogP contribution in [0.4, 0.5) is 5.69 Å². The highest BCUT2D eigenvalue weighted by atomic mass is 16.5. The zero-order valence-electron chi connectivity index (χ0n) is 11.3. The number of pyridine rings is 1. The van der Waals surface area contributed by atoms with E-state index < -0.39 is 5.97 Å². The number of nitrogens with zero attached hydrogens (tertiary/aromatic N) is 2. The number of hydrogen-bond donors (Lipinski definition) is 2. The molecule has 21 heavy (non-hydrogen) atoms. The molecule has 2 N–H and O–H groups in total. The normalized spacial score (nSPS) is 9.71. The van der Waals surface area contributed by atoms with Crippen LogP contribution in [0.15, 0.2) is 36.5 Å². The first-order chi connectivity index (χ1) is 10.1. The molecule has 1 heterocycles. The molecule has 106 valence electrons. The van der Waals surface area contributed by atoms with Crippen molar-refractivity contribution in [2.75, 3.05) is 12.4 Å². The van der Waals surface area contributed by atoms with Gasteiger partial charge in [0.25, 0.3) is 0 Å². The maximum atomic E-state index is 10.7. The molecular formula is C15H13N3O3. The largest absolute Gasteiger partial charge is 0.495 e. The third-order valence-electron chi connectivity index (χ3n) is 2.86. The summed E-state index contributed by atoms with van der Waals surface area (Å²) in [5.74, 6) is -0.438. The third kappa shape index (κ3) is 3.48. The lowest BCUT2D eigenvalue weighted by Crippen LogP contribution is -2.05. The number of rotatable bonds is 5. The van der Waals surface area contributed by atoms with E-state index in [2.05, 4.69) is 10.3 Å². The summed E-state index contributed by atoms with van der Waals surface area (Å²) in [4.78, 5) is 14.8. The Morgan fingerprint density at radius 2 is 2.24 bits per heavy atom. The van der Waals surface area contributed by atoms with Gasteiger partial charge in [0.15, 0.2) is 0 Å². The van der Waals surface area contributed by atoms with Crippen molar-refractivity contribution in [2.24, 2.45) is 0 Å². The van der Waals surface area contributed by atoms with E-state index in [9.17, 15) is 4.79 Å². The van der Waals surface area contributed by atoms with Crippen LogP contribution in [-0.2, 0) is 6.54 Å². The lowest BCUT2D eigenvalue weighted by molar-refractivity contribution is 0.0696. The van der Waals surface area contributed by atoms with E-state index in [0.717, 1.165) is 5.69 Å². The molecule has 0 saturated carbocycles. The fourth-order valence-corrected chi connectivity index (χ4v) is 1.75. The number of benzene rings is 1. The summed E-state index contributed by atoms with van der Waals surface area (Å²) in [5.41, 5.74) is 2.10. The molecule has 0 aliphatic rings. The van der Waals surface area contributed by atoms with E-state index >= 15 is 0 Å². The van der Waals surface area contributed by atoms with Crippen LogP contribution in [-0.4, -0.2) is 23.2 Å². The quantitative estimate of drug-likeness (QED) is 0.874. The average Bonchev–Trinajstić information content (AvgIpc) is 2.53. The van der Waals surface area contributed by atoms with Crippen molar-refractivity contribution in [3.05, 3.63) is 53.3 Å². The standard InChI is InChI=1S/C15H13N3O3/c1-21-14-6-10(7-16)2-5-13(14)18-9-12-4-3-11(8-17-12)15(19)20/h2-6,8,18H,9H2,1H3,(H,19,20). The number of anilines is 1. The van der Waals surface area contributed by atoms with E-state index in [-0.39, 0.29) is 5.56 Å². The van der Waals surface area contributed by atoms with Gasteiger partial charge < -0.3 is 15.2 Å². The van der Waals surface area contributed by atoms with Gasteiger partial charge in [-0.15, -0.1) is 0 Å². The highest BCUT2D eigenvalue weighted by Crippen LogP contribution is 2.25. The fraction of sp³-hybridized carbons (Fsp3) is 0.133. The maximum Gasteiger partial charge on any atom is 0.337 e. The van der Waals surface area contributed by atoms with Gasteiger partial charge in [0.1, 0.15) is 5.75 Å². The zero-order valence-corrected chi connectivity index (χ0v) is 11.3. The first-order valence-corrected chi connectivity index (χ1v) is 6.14. The van der Waals surface area contributed by atoms with Crippen molar-refractivity contribution in [3.63, 3.8) is 0 Å². The van der Waals surface area contributed by atoms with Gasteiger partial charge in [-0.3, -0.25) is 4.98 Å². The molecule has 0 bridgehead atoms. The smallest absolute Gasteiger partial charge is 0.337 e. The number of hydrogen-bond acceptors (Lipinski definition) is 5. The first-order valence-electron chi connectivity index (χ1n) is 6.14. The van der Waals surface area contributed by atoms with Crippen LogP contribution in [0.5, 0.6) is 5.75 Å². The zero-order chi connectivity index (χ0) is 15.2. The monoisotopic (exact) mass is 283 g/mol. The van der Waals surface area contributed by atoms with Gasteiger partial charge >= 0.3 is 5.97 Å². The van der Waals surface area contributed by atoms with Gasteiger partial charge in [0.2, 0.25) is 0 Å². The lowest BCUT2D eigenvalue weighted by atomic mass is 10.2. The molecule has 0 radical (unpaired) electrons. The van der Waals surface area contributed by atoms with Crippen LogP contribution in [0, 0.1) is 11.3 Å². The average molecular weight is 283 g/mol. The predicted molar refractivity (Wildman–Crippen MR) is 76.2 cm³/mol. The van der Waals surface area contributed by atoms with Crippen molar-refractivity contribution >= 4 is 11.7 Å². The molecule has 0 aliphatic carbocycles. The van der Waals surface area contributed by atoms with Crippen molar-refractivity contribution in [1.29, 1.82) is 5.26 Å². The molecule has 0 fully saturated rings. The van der Waals surface area contributed by atoms with E-state index in [4.69, 9.17) is 15.1 Å². The van der Waals surface area contributed by atoms with Crippen molar-refractivity contribution in [2.45, 2.75) is 6.54 Å². The minimum absolute atomic E-state index is 0.148. The molecule has 2 aromatic rings. The number of carboxylic acid groups (broad SMARTS) is 1. The molecular weight excluding hydrogens is 270 g/mol. The summed E-state index contributed by atoms with van der Waals surface area (Å²) in [6.07, 6.45) is 1.31. The third-order valence-corrected chi connectivity index (χ3v) is 2.86. The Morgan fingerprint density at radius 3 is 2.81 bits per heavy atom. The minimum atomic E-state index is -1.00. The molecule has 0 aliphatic heterocycles. The van der Waals surface area contributed by atoms with Crippen LogP contribution < -0.4 is 10.1 Å². The second kappa shape index (κ2) is 6.39. The molecule has 1 aromatic carbocycles. The topological polar surface area (TPSA) is 95.2 Å². The summed E-state index contributed by atoms with van der Waals surface area (Å²) in [5, 5.41) is 20.8. The van der Waals surface area contributed by atoms with Gasteiger partial charge in [-0.05, 0) is 24.3 Å². The molecule has 6 heteroatoms. The molecule has 0 saturated heterocycles. The molecule has 1 aromatic heterocycles. The second-order valence-corrected chi connectivity index (χ2v) is 4.22. The van der Waals surface area contributed by atoms with Gasteiger partial charge in [-0.1, -0.05) is 0 Å². The number of methoxy groups -OCH3 is 1. The molecule has 2 rings (SSSR count). The minimum Gasteiger partial charge on any atom is -0.495 e. The molecule has 0 atom stereocenters. The molecule has 0 unspecified atom stereocenters. The Labute approximate surface area is 121 Å². The van der Waals surface area contributed by atoms with Crippen molar-refractivity contribution in [1.82, 2.24) is 4.98 Å². The van der Waals surface area contributed by atoms with Crippen LogP contribution in [0.1, 0.15) is 21.6 Å². The summed E-state index contributed by atoms with van der Waals surface area (Å²) in [7, 11) is 1.53. The molecule has 0 spiro atoms. The number of nitrogens with one attached hydrogen (secondary N) is 1. The number of ether oxygens (including phenoxy) is 1. The van der Waals surface area contributed by atoms with Gasteiger partial charge in [-0.2, -0.15) is 5.26 Å². The molecule has 6 nitrogen and oxygen atoms in total. The van der Waals surface area contributed by atoms with Crippen molar-refractivity contribution < 1.29 is 14.6 Å². The predicted octanol–water partition coefficient (Wildman–Crippen LogP) is 2.27. The second-order valence-electron chi connectivity index (χ2n) is 4.22. The maximum absolute atomic E-state index is 10.7.